The molecular formula is C16H16N2O5S. The summed E-state index contributed by atoms with van der Waals surface area (Å²) in [5, 5.41) is 7.64. The number of benzene rings is 2. The van der Waals surface area contributed by atoms with Crippen molar-refractivity contribution in [2.24, 2.45) is 5.14 Å². The summed E-state index contributed by atoms with van der Waals surface area (Å²) < 4.78 is 27.2. The zero-order valence-electron chi connectivity index (χ0n) is 12.9. The van der Waals surface area contributed by atoms with Crippen molar-refractivity contribution in [2.75, 3.05) is 11.9 Å². The van der Waals surface area contributed by atoms with Crippen LogP contribution in [0.4, 0.5) is 5.69 Å². The van der Waals surface area contributed by atoms with Crippen LogP contribution in [0.1, 0.15) is 27.6 Å². The summed E-state index contributed by atoms with van der Waals surface area (Å²) in [5.74, 6) is -0.853. The van der Waals surface area contributed by atoms with E-state index in [-0.39, 0.29) is 17.1 Å². The molecule has 0 radical (unpaired) electrons. The van der Waals surface area contributed by atoms with E-state index in [1.165, 1.54) is 36.4 Å². The van der Waals surface area contributed by atoms with Gasteiger partial charge in [0, 0.05) is 11.3 Å². The molecule has 8 heteroatoms. The molecule has 0 aliphatic rings. The summed E-state index contributed by atoms with van der Waals surface area (Å²) in [6.45, 7) is 2.00. The summed E-state index contributed by atoms with van der Waals surface area (Å²) in [5.41, 5.74) is 1.15. The lowest BCUT2D eigenvalue weighted by atomic mass is 10.2. The van der Waals surface area contributed by atoms with E-state index in [0.717, 1.165) is 0 Å². The van der Waals surface area contributed by atoms with E-state index in [0.29, 0.717) is 11.3 Å². The number of ether oxygens (including phenoxy) is 1. The lowest BCUT2D eigenvalue weighted by Crippen LogP contribution is -2.14. The standard InChI is InChI=1S/C16H16N2O5S/c1-2-23-16(20)12-3-7-13(8-4-12)18-15(19)11-5-9-14(10-6-11)24(17,21)22/h3-10H,2H2,1H3,(H,18,19)(H2,17,21,22). The van der Waals surface area contributed by atoms with E-state index in [2.05, 4.69) is 5.32 Å². The van der Waals surface area contributed by atoms with Gasteiger partial charge in [0.25, 0.3) is 5.91 Å². The molecule has 7 nitrogen and oxygen atoms in total. The Hall–Kier alpha value is -2.71. The molecule has 24 heavy (non-hydrogen) atoms. The largest absolute Gasteiger partial charge is 0.462 e. The van der Waals surface area contributed by atoms with Gasteiger partial charge in [0.1, 0.15) is 0 Å². The lowest BCUT2D eigenvalue weighted by Gasteiger charge is -2.07. The number of nitrogens with two attached hydrogens (primary N) is 1. The van der Waals surface area contributed by atoms with Crippen molar-refractivity contribution >= 4 is 27.6 Å². The van der Waals surface area contributed by atoms with Crippen molar-refractivity contribution in [3.8, 4) is 0 Å². The molecular weight excluding hydrogens is 332 g/mol. The van der Waals surface area contributed by atoms with Crippen molar-refractivity contribution in [1.29, 1.82) is 0 Å². The van der Waals surface area contributed by atoms with Gasteiger partial charge in [0.15, 0.2) is 0 Å². The fraction of sp³-hybridized carbons (Fsp3) is 0.125. The number of hydrogen-bond donors (Lipinski definition) is 2. The van der Waals surface area contributed by atoms with Crippen LogP contribution in [-0.2, 0) is 14.8 Å². The van der Waals surface area contributed by atoms with Crippen LogP contribution in [0, 0.1) is 0 Å². The number of primary sulfonamides is 1. The summed E-state index contributed by atoms with van der Waals surface area (Å²) in [6, 6.07) is 11.5. The predicted octanol–water partition coefficient (Wildman–Crippen LogP) is 1.76. The molecule has 0 unspecified atom stereocenters. The summed E-state index contributed by atoms with van der Waals surface area (Å²) in [7, 11) is -3.80. The fourth-order valence-corrected chi connectivity index (χ4v) is 2.42. The first-order valence-corrected chi connectivity index (χ1v) is 8.57. The highest BCUT2D eigenvalue weighted by Gasteiger charge is 2.11. The molecule has 0 saturated heterocycles. The van der Waals surface area contributed by atoms with Crippen LogP contribution in [0.15, 0.2) is 53.4 Å². The van der Waals surface area contributed by atoms with E-state index in [1.54, 1.807) is 19.1 Å². The Morgan fingerprint density at radius 1 is 1.00 bits per heavy atom. The van der Waals surface area contributed by atoms with Gasteiger partial charge in [-0.15, -0.1) is 0 Å². The average Bonchev–Trinajstić information content (AvgIpc) is 2.55. The van der Waals surface area contributed by atoms with Gasteiger partial charge in [0.2, 0.25) is 10.0 Å². The molecule has 0 saturated carbocycles. The second-order valence-electron chi connectivity index (χ2n) is 4.82. The third kappa shape index (κ3) is 4.40. The molecule has 0 heterocycles. The third-order valence-corrected chi connectivity index (χ3v) is 4.03. The van der Waals surface area contributed by atoms with Gasteiger partial charge in [-0.2, -0.15) is 0 Å². The van der Waals surface area contributed by atoms with Crippen LogP contribution in [0.5, 0.6) is 0 Å². The molecule has 2 aromatic carbocycles. The Morgan fingerprint density at radius 2 is 1.54 bits per heavy atom. The Balaban J connectivity index is 2.08. The van der Waals surface area contributed by atoms with Crippen molar-refractivity contribution in [3.63, 3.8) is 0 Å². The fourth-order valence-electron chi connectivity index (χ4n) is 1.90. The van der Waals surface area contributed by atoms with Gasteiger partial charge < -0.3 is 10.1 Å². The number of hydrogen-bond acceptors (Lipinski definition) is 5. The van der Waals surface area contributed by atoms with Crippen LogP contribution >= 0.6 is 0 Å². The Bertz CT molecular complexity index is 843. The predicted molar refractivity (Wildman–Crippen MR) is 88.2 cm³/mol. The van der Waals surface area contributed by atoms with E-state index >= 15 is 0 Å². The van der Waals surface area contributed by atoms with Crippen molar-refractivity contribution in [1.82, 2.24) is 0 Å². The van der Waals surface area contributed by atoms with Gasteiger partial charge in [-0.1, -0.05) is 0 Å². The molecule has 0 aromatic heterocycles. The van der Waals surface area contributed by atoms with E-state index < -0.39 is 21.9 Å². The quantitative estimate of drug-likeness (QED) is 0.799. The molecule has 2 aromatic rings. The number of amides is 1. The number of nitrogens with one attached hydrogen (secondary N) is 1. The van der Waals surface area contributed by atoms with Gasteiger partial charge in [-0.3, -0.25) is 4.79 Å². The topological polar surface area (TPSA) is 116 Å². The van der Waals surface area contributed by atoms with E-state index in [9.17, 15) is 18.0 Å². The molecule has 0 aliphatic heterocycles. The number of rotatable bonds is 5. The molecule has 1 amide bonds. The van der Waals surface area contributed by atoms with Crippen molar-refractivity contribution in [3.05, 3.63) is 59.7 Å². The molecule has 0 atom stereocenters. The number of carbonyl (C=O) groups is 2. The van der Waals surface area contributed by atoms with Gasteiger partial charge in [0.05, 0.1) is 17.1 Å². The number of esters is 1. The average molecular weight is 348 g/mol. The second-order valence-corrected chi connectivity index (χ2v) is 6.38. The lowest BCUT2D eigenvalue weighted by molar-refractivity contribution is 0.0526. The highest BCUT2D eigenvalue weighted by Crippen LogP contribution is 2.14. The number of anilines is 1. The summed E-state index contributed by atoms with van der Waals surface area (Å²) >= 11 is 0. The van der Waals surface area contributed by atoms with Crippen LogP contribution in [-0.4, -0.2) is 26.9 Å². The zero-order valence-corrected chi connectivity index (χ0v) is 13.7. The van der Waals surface area contributed by atoms with Crippen LogP contribution in [0.25, 0.3) is 0 Å². The smallest absolute Gasteiger partial charge is 0.338 e. The maximum Gasteiger partial charge on any atom is 0.338 e. The SMILES string of the molecule is CCOC(=O)c1ccc(NC(=O)c2ccc(S(N)(=O)=O)cc2)cc1. The maximum atomic E-state index is 12.1. The van der Waals surface area contributed by atoms with Crippen LogP contribution < -0.4 is 10.5 Å². The summed E-state index contributed by atoms with van der Waals surface area (Å²) in [6.07, 6.45) is 0. The van der Waals surface area contributed by atoms with Crippen molar-refractivity contribution in [2.45, 2.75) is 11.8 Å². The molecule has 0 fully saturated rings. The van der Waals surface area contributed by atoms with Gasteiger partial charge in [-0.25, -0.2) is 18.4 Å². The summed E-state index contributed by atoms with van der Waals surface area (Å²) in [4.78, 5) is 23.6. The van der Waals surface area contributed by atoms with Crippen molar-refractivity contribution < 1.29 is 22.7 Å². The maximum absolute atomic E-state index is 12.1. The zero-order chi connectivity index (χ0) is 17.7. The van der Waals surface area contributed by atoms with Crippen LogP contribution in [0.2, 0.25) is 0 Å². The number of sulfonamides is 1. The third-order valence-electron chi connectivity index (χ3n) is 3.10. The molecule has 0 spiro atoms. The van der Waals surface area contributed by atoms with Gasteiger partial charge in [-0.05, 0) is 55.5 Å². The molecule has 2 rings (SSSR count). The first kappa shape index (κ1) is 17.6. The molecule has 126 valence electrons. The Kier molecular flexibility index (Phi) is 5.32. The van der Waals surface area contributed by atoms with Gasteiger partial charge >= 0.3 is 5.97 Å². The molecule has 3 N–H and O–H groups in total. The first-order chi connectivity index (χ1) is 11.3. The van der Waals surface area contributed by atoms with E-state index in [1.807, 2.05) is 0 Å². The van der Waals surface area contributed by atoms with E-state index in [4.69, 9.17) is 9.88 Å². The molecule has 0 bridgehead atoms. The normalized spacial score (nSPS) is 10.9. The highest BCUT2D eigenvalue weighted by atomic mass is 32.2. The van der Waals surface area contributed by atoms with Crippen LogP contribution in [0.3, 0.4) is 0 Å². The monoisotopic (exact) mass is 348 g/mol. The molecule has 0 aliphatic carbocycles. The second kappa shape index (κ2) is 7.24. The minimum absolute atomic E-state index is 0.0714. The Labute approximate surface area is 139 Å². The minimum Gasteiger partial charge on any atom is -0.462 e. The number of carbonyl (C=O) groups excluding carboxylic acids is 2. The highest BCUT2D eigenvalue weighted by molar-refractivity contribution is 7.89. The Morgan fingerprint density at radius 3 is 2.04 bits per heavy atom. The first-order valence-electron chi connectivity index (χ1n) is 7.02. The minimum atomic E-state index is -3.80.